The number of aliphatic hydroxyl groups is 1. The van der Waals surface area contributed by atoms with Crippen molar-refractivity contribution in [3.8, 4) is 17.3 Å². The lowest BCUT2D eigenvalue weighted by Crippen LogP contribution is -2.31. The summed E-state index contributed by atoms with van der Waals surface area (Å²) in [6.07, 6.45) is 3.45. The summed E-state index contributed by atoms with van der Waals surface area (Å²) in [4.78, 5) is 11.1. The number of ether oxygens (including phenoxy) is 1. The maximum absolute atomic E-state index is 9.53. The second-order valence-electron chi connectivity index (χ2n) is 8.09. The summed E-state index contributed by atoms with van der Waals surface area (Å²) in [5.41, 5.74) is 7.88. The highest BCUT2D eigenvalue weighted by atomic mass is 16.5. The van der Waals surface area contributed by atoms with Crippen molar-refractivity contribution < 1.29 is 14.3 Å². The number of furan rings is 1. The van der Waals surface area contributed by atoms with Gasteiger partial charge in [-0.25, -0.2) is 14.5 Å². The van der Waals surface area contributed by atoms with Gasteiger partial charge in [0.15, 0.2) is 11.4 Å². The van der Waals surface area contributed by atoms with Gasteiger partial charge < -0.3 is 24.9 Å². The molecule has 0 bridgehead atoms. The van der Waals surface area contributed by atoms with Crippen LogP contribution in [-0.4, -0.2) is 57.0 Å². The first-order chi connectivity index (χ1) is 15.0. The van der Waals surface area contributed by atoms with E-state index in [-0.39, 0.29) is 12.6 Å². The quantitative estimate of drug-likeness (QED) is 0.421. The predicted octanol–water partition coefficient (Wildman–Crippen LogP) is 2.72. The molecule has 0 spiro atoms. The van der Waals surface area contributed by atoms with Gasteiger partial charge in [-0.15, -0.1) is 5.10 Å². The van der Waals surface area contributed by atoms with Crippen molar-refractivity contribution in [2.24, 2.45) is 11.7 Å². The fraction of sp³-hybridized carbons (Fsp3) is 0.409. The molecule has 31 heavy (non-hydrogen) atoms. The van der Waals surface area contributed by atoms with Crippen molar-refractivity contribution in [2.45, 2.75) is 26.8 Å². The fourth-order valence-corrected chi connectivity index (χ4v) is 3.49. The first kappa shape index (κ1) is 21.1. The molecule has 1 unspecified atom stereocenters. The van der Waals surface area contributed by atoms with E-state index in [2.05, 4.69) is 33.8 Å². The van der Waals surface area contributed by atoms with E-state index in [4.69, 9.17) is 14.9 Å². The van der Waals surface area contributed by atoms with Crippen molar-refractivity contribution in [3.63, 3.8) is 0 Å². The standard InChI is InChI=1S/C22H28N6O3/c1-14(2)12-27(8-9-29)22-16-10-19(31-18(16)6-7-24-22)17-11-25-20-4-5-21(26-28(17)20)30-13-15(3)23/h4-7,10-11,14-15,29H,8-9,12-13,23H2,1-3H3. The van der Waals surface area contributed by atoms with Crippen LogP contribution in [0.5, 0.6) is 5.88 Å². The number of pyridine rings is 1. The number of rotatable bonds is 9. The third-order valence-electron chi connectivity index (χ3n) is 4.76. The zero-order chi connectivity index (χ0) is 22.0. The summed E-state index contributed by atoms with van der Waals surface area (Å²) < 4.78 is 13.5. The Morgan fingerprint density at radius 1 is 1.23 bits per heavy atom. The Balaban J connectivity index is 1.75. The van der Waals surface area contributed by atoms with Crippen molar-refractivity contribution in [1.29, 1.82) is 0 Å². The molecular formula is C22H28N6O3. The predicted molar refractivity (Wildman–Crippen MR) is 119 cm³/mol. The van der Waals surface area contributed by atoms with Gasteiger partial charge in [-0.2, -0.15) is 0 Å². The van der Waals surface area contributed by atoms with Crippen LogP contribution in [0.4, 0.5) is 5.82 Å². The number of fused-ring (bicyclic) bond motifs is 2. The lowest BCUT2D eigenvalue weighted by Gasteiger charge is -2.25. The van der Waals surface area contributed by atoms with Gasteiger partial charge in [0.05, 0.1) is 18.2 Å². The summed E-state index contributed by atoms with van der Waals surface area (Å²) in [6.45, 7) is 7.87. The number of anilines is 1. The Morgan fingerprint density at radius 2 is 2.06 bits per heavy atom. The first-order valence-electron chi connectivity index (χ1n) is 10.4. The molecule has 0 aliphatic rings. The van der Waals surface area contributed by atoms with Crippen LogP contribution < -0.4 is 15.4 Å². The zero-order valence-electron chi connectivity index (χ0n) is 18.0. The van der Waals surface area contributed by atoms with E-state index in [0.717, 1.165) is 17.7 Å². The van der Waals surface area contributed by atoms with Crippen molar-refractivity contribution in [3.05, 3.63) is 36.7 Å². The molecule has 4 aromatic heterocycles. The maximum atomic E-state index is 9.53. The van der Waals surface area contributed by atoms with Gasteiger partial charge in [-0.3, -0.25) is 0 Å². The molecule has 0 aromatic carbocycles. The Kier molecular flexibility index (Phi) is 6.06. The second kappa shape index (κ2) is 8.91. The van der Waals surface area contributed by atoms with Gasteiger partial charge in [0.1, 0.15) is 23.7 Å². The number of nitrogens with two attached hydrogens (primary N) is 1. The normalized spacial score (nSPS) is 12.7. The van der Waals surface area contributed by atoms with E-state index in [1.807, 2.05) is 25.1 Å². The third kappa shape index (κ3) is 4.47. The van der Waals surface area contributed by atoms with E-state index in [1.54, 1.807) is 23.0 Å². The molecule has 4 aromatic rings. The summed E-state index contributed by atoms with van der Waals surface area (Å²) in [6, 6.07) is 7.31. The molecule has 4 heterocycles. The van der Waals surface area contributed by atoms with Crippen LogP contribution in [0.1, 0.15) is 20.8 Å². The molecule has 0 saturated carbocycles. The van der Waals surface area contributed by atoms with E-state index < -0.39 is 0 Å². The van der Waals surface area contributed by atoms with Crippen LogP contribution in [0, 0.1) is 5.92 Å². The Bertz CT molecular complexity index is 1170. The number of aliphatic hydroxyl groups excluding tert-OH is 1. The van der Waals surface area contributed by atoms with E-state index in [1.165, 1.54) is 0 Å². The zero-order valence-corrected chi connectivity index (χ0v) is 18.0. The Labute approximate surface area is 180 Å². The first-order valence-corrected chi connectivity index (χ1v) is 10.4. The molecule has 9 heteroatoms. The molecule has 1 atom stereocenters. The monoisotopic (exact) mass is 424 g/mol. The van der Waals surface area contributed by atoms with Gasteiger partial charge >= 0.3 is 0 Å². The summed E-state index contributed by atoms with van der Waals surface area (Å²) >= 11 is 0. The molecule has 0 aliphatic carbocycles. The fourth-order valence-electron chi connectivity index (χ4n) is 3.49. The molecule has 164 valence electrons. The lowest BCUT2D eigenvalue weighted by atomic mass is 10.2. The minimum atomic E-state index is -0.0891. The average molecular weight is 425 g/mol. The molecule has 0 fully saturated rings. The molecule has 0 saturated heterocycles. The van der Waals surface area contributed by atoms with Gasteiger partial charge in [0, 0.05) is 31.4 Å². The van der Waals surface area contributed by atoms with E-state index in [0.29, 0.717) is 47.6 Å². The number of hydrogen-bond donors (Lipinski definition) is 2. The number of aromatic nitrogens is 4. The van der Waals surface area contributed by atoms with Gasteiger partial charge in [-0.05, 0) is 31.0 Å². The third-order valence-corrected chi connectivity index (χ3v) is 4.76. The number of imidazole rings is 1. The van der Waals surface area contributed by atoms with Gasteiger partial charge in [-0.1, -0.05) is 13.8 Å². The molecule has 3 N–H and O–H groups in total. The summed E-state index contributed by atoms with van der Waals surface area (Å²) in [5, 5.41) is 14.9. The molecule has 0 aliphatic heterocycles. The van der Waals surface area contributed by atoms with E-state index >= 15 is 0 Å². The largest absolute Gasteiger partial charge is 0.475 e. The minimum Gasteiger partial charge on any atom is -0.475 e. The molecule has 0 radical (unpaired) electrons. The molecule has 4 rings (SSSR count). The Hall–Kier alpha value is -3.17. The van der Waals surface area contributed by atoms with Crippen molar-refractivity contribution in [1.82, 2.24) is 19.6 Å². The maximum Gasteiger partial charge on any atom is 0.231 e. The molecule has 0 amide bonds. The topological polar surface area (TPSA) is 115 Å². The van der Waals surface area contributed by atoms with Gasteiger partial charge in [0.25, 0.3) is 0 Å². The van der Waals surface area contributed by atoms with Crippen molar-refractivity contribution >= 4 is 22.4 Å². The molecule has 9 nitrogen and oxygen atoms in total. The summed E-state index contributed by atoms with van der Waals surface area (Å²) in [7, 11) is 0. The highest BCUT2D eigenvalue weighted by Gasteiger charge is 2.19. The number of hydrogen-bond acceptors (Lipinski definition) is 8. The highest BCUT2D eigenvalue weighted by molar-refractivity contribution is 5.91. The van der Waals surface area contributed by atoms with Crippen molar-refractivity contribution in [2.75, 3.05) is 31.2 Å². The van der Waals surface area contributed by atoms with Gasteiger partial charge in [0.2, 0.25) is 5.88 Å². The number of nitrogens with zero attached hydrogens (tertiary/aromatic N) is 5. The highest BCUT2D eigenvalue weighted by Crippen LogP contribution is 2.33. The second-order valence-corrected chi connectivity index (χ2v) is 8.09. The summed E-state index contributed by atoms with van der Waals surface area (Å²) in [5.74, 6) is 2.31. The van der Waals surface area contributed by atoms with Crippen LogP contribution >= 0.6 is 0 Å². The van der Waals surface area contributed by atoms with Crippen LogP contribution in [0.3, 0.4) is 0 Å². The van der Waals surface area contributed by atoms with Crippen LogP contribution in [0.2, 0.25) is 0 Å². The lowest BCUT2D eigenvalue weighted by molar-refractivity contribution is 0.281. The SMILES string of the molecule is CC(C)CN(CCO)c1nccc2oc(-c3cnc4ccc(OCC(C)N)nn34)cc12. The Morgan fingerprint density at radius 3 is 2.81 bits per heavy atom. The smallest absolute Gasteiger partial charge is 0.231 e. The van der Waals surface area contributed by atoms with Crippen LogP contribution in [0.15, 0.2) is 41.1 Å². The minimum absolute atomic E-state index is 0.0525. The van der Waals surface area contributed by atoms with Crippen LogP contribution in [-0.2, 0) is 0 Å². The van der Waals surface area contributed by atoms with Crippen LogP contribution in [0.25, 0.3) is 28.1 Å². The molecular weight excluding hydrogens is 396 g/mol. The van der Waals surface area contributed by atoms with E-state index in [9.17, 15) is 5.11 Å². The average Bonchev–Trinajstić information content (AvgIpc) is 3.34.